The Balaban J connectivity index is 1.84. The molecule has 0 aromatic rings. The van der Waals surface area contributed by atoms with E-state index in [9.17, 15) is 0 Å². The first-order valence-electron chi connectivity index (χ1n) is 7.64. The van der Waals surface area contributed by atoms with Gasteiger partial charge in [0.1, 0.15) is 0 Å². The van der Waals surface area contributed by atoms with E-state index in [0.717, 1.165) is 25.7 Å². The van der Waals surface area contributed by atoms with Crippen LogP contribution in [0.25, 0.3) is 0 Å². The molecule has 2 heterocycles. The Morgan fingerprint density at radius 2 is 2.28 bits per heavy atom. The molecule has 2 aliphatic heterocycles. The monoisotopic (exact) mass is 254 g/mol. The second-order valence-corrected chi connectivity index (χ2v) is 6.83. The summed E-state index contributed by atoms with van der Waals surface area (Å²) in [4.78, 5) is 2.64. The fourth-order valence-corrected chi connectivity index (χ4v) is 3.24. The van der Waals surface area contributed by atoms with Gasteiger partial charge in [-0.2, -0.15) is 0 Å². The van der Waals surface area contributed by atoms with Gasteiger partial charge in [-0.1, -0.05) is 20.8 Å². The second-order valence-electron chi connectivity index (χ2n) is 6.83. The summed E-state index contributed by atoms with van der Waals surface area (Å²) in [5.74, 6) is 0.722. The van der Waals surface area contributed by atoms with E-state index >= 15 is 0 Å². The van der Waals surface area contributed by atoms with E-state index in [1.807, 2.05) is 0 Å². The van der Waals surface area contributed by atoms with Gasteiger partial charge in [0, 0.05) is 31.7 Å². The molecule has 0 amide bonds. The maximum absolute atomic E-state index is 5.56. The Bertz CT molecular complexity index is 249. The van der Waals surface area contributed by atoms with E-state index in [2.05, 4.69) is 31.0 Å². The quantitative estimate of drug-likeness (QED) is 0.786. The predicted molar refractivity (Wildman–Crippen MR) is 75.8 cm³/mol. The lowest BCUT2D eigenvalue weighted by atomic mass is 9.93. The molecule has 106 valence electrons. The minimum atomic E-state index is 0.515. The number of hydrogen-bond acceptors (Lipinski definition) is 3. The fourth-order valence-electron chi connectivity index (χ4n) is 3.24. The molecule has 0 radical (unpaired) electrons. The van der Waals surface area contributed by atoms with E-state index in [0.29, 0.717) is 11.5 Å². The molecule has 2 rings (SSSR count). The molecule has 0 saturated carbocycles. The summed E-state index contributed by atoms with van der Waals surface area (Å²) in [5, 5.41) is 3.74. The van der Waals surface area contributed by atoms with Gasteiger partial charge in [0.25, 0.3) is 0 Å². The Morgan fingerprint density at radius 3 is 2.83 bits per heavy atom. The minimum Gasteiger partial charge on any atom is -0.381 e. The third kappa shape index (κ3) is 3.94. The van der Waals surface area contributed by atoms with Crippen LogP contribution in [0.3, 0.4) is 0 Å². The molecule has 2 unspecified atom stereocenters. The molecule has 1 N–H and O–H groups in total. The van der Waals surface area contributed by atoms with Crippen molar-refractivity contribution >= 4 is 0 Å². The maximum atomic E-state index is 5.56. The van der Waals surface area contributed by atoms with Crippen LogP contribution < -0.4 is 5.32 Å². The van der Waals surface area contributed by atoms with Crippen LogP contribution in [0.4, 0.5) is 0 Å². The summed E-state index contributed by atoms with van der Waals surface area (Å²) in [5.41, 5.74) is 0.515. The van der Waals surface area contributed by atoms with Crippen molar-refractivity contribution in [2.75, 3.05) is 39.4 Å². The van der Waals surface area contributed by atoms with Gasteiger partial charge in [0.2, 0.25) is 0 Å². The third-order valence-electron chi connectivity index (χ3n) is 4.40. The van der Waals surface area contributed by atoms with E-state index in [1.165, 1.54) is 38.9 Å². The highest BCUT2D eigenvalue weighted by atomic mass is 16.5. The average Bonchev–Trinajstić information content (AvgIpc) is 2.94. The summed E-state index contributed by atoms with van der Waals surface area (Å²) in [6, 6.07) is 0.626. The predicted octanol–water partition coefficient (Wildman–Crippen LogP) is 2.12. The van der Waals surface area contributed by atoms with E-state index in [4.69, 9.17) is 4.74 Å². The topological polar surface area (TPSA) is 24.5 Å². The zero-order valence-corrected chi connectivity index (χ0v) is 12.4. The lowest BCUT2D eigenvalue weighted by Gasteiger charge is -2.29. The van der Waals surface area contributed by atoms with Gasteiger partial charge in [-0.25, -0.2) is 0 Å². The largest absolute Gasteiger partial charge is 0.381 e. The van der Waals surface area contributed by atoms with Gasteiger partial charge in [-0.05, 0) is 37.8 Å². The molecule has 0 spiro atoms. The first-order chi connectivity index (χ1) is 8.61. The number of ether oxygens (including phenoxy) is 1. The van der Waals surface area contributed by atoms with Crippen LogP contribution in [-0.4, -0.2) is 50.3 Å². The number of likely N-dealkylation sites (tertiary alicyclic amines) is 1. The molecule has 2 aliphatic rings. The Labute approximate surface area is 112 Å². The van der Waals surface area contributed by atoms with Crippen molar-refractivity contribution in [3.8, 4) is 0 Å². The van der Waals surface area contributed by atoms with Crippen LogP contribution in [0.15, 0.2) is 0 Å². The normalized spacial score (nSPS) is 29.8. The molecule has 0 bridgehead atoms. The van der Waals surface area contributed by atoms with Crippen molar-refractivity contribution in [2.24, 2.45) is 11.3 Å². The van der Waals surface area contributed by atoms with Gasteiger partial charge in [0.15, 0.2) is 0 Å². The number of hydrogen-bond donors (Lipinski definition) is 1. The maximum Gasteiger partial charge on any atom is 0.0510 e. The van der Waals surface area contributed by atoms with Crippen LogP contribution in [-0.2, 0) is 4.74 Å². The number of rotatable bonds is 6. The Kier molecular flexibility index (Phi) is 5.05. The number of nitrogens with zero attached hydrogens (tertiary/aromatic N) is 1. The van der Waals surface area contributed by atoms with Gasteiger partial charge in [-0.15, -0.1) is 0 Å². The Morgan fingerprint density at radius 1 is 1.44 bits per heavy atom. The fraction of sp³-hybridized carbons (Fsp3) is 1.00. The smallest absolute Gasteiger partial charge is 0.0510 e. The highest BCUT2D eigenvalue weighted by Crippen LogP contribution is 2.29. The zero-order chi connectivity index (χ0) is 13.0. The second kappa shape index (κ2) is 6.36. The molecule has 18 heavy (non-hydrogen) atoms. The molecule has 2 fully saturated rings. The molecule has 3 heteroatoms. The van der Waals surface area contributed by atoms with Crippen molar-refractivity contribution < 1.29 is 4.74 Å². The standard InChI is InChI=1S/C15H30N2O/c1-4-7-16-14(13-5-9-18-11-13)10-17-8-6-15(2,3)12-17/h13-14,16H,4-12H2,1-3H3. The van der Waals surface area contributed by atoms with Crippen LogP contribution in [0, 0.1) is 11.3 Å². The molecule has 0 aromatic heterocycles. The average molecular weight is 254 g/mol. The minimum absolute atomic E-state index is 0.515. The van der Waals surface area contributed by atoms with Crippen LogP contribution in [0.2, 0.25) is 0 Å². The van der Waals surface area contributed by atoms with Crippen molar-refractivity contribution in [2.45, 2.75) is 46.1 Å². The molecular formula is C15H30N2O. The molecule has 2 atom stereocenters. The molecular weight excluding hydrogens is 224 g/mol. The number of nitrogens with one attached hydrogen (secondary N) is 1. The van der Waals surface area contributed by atoms with Crippen LogP contribution in [0.1, 0.15) is 40.0 Å². The lowest BCUT2D eigenvalue weighted by molar-refractivity contribution is 0.164. The lowest BCUT2D eigenvalue weighted by Crippen LogP contribution is -2.46. The summed E-state index contributed by atoms with van der Waals surface area (Å²) < 4.78 is 5.56. The first-order valence-corrected chi connectivity index (χ1v) is 7.64. The molecule has 0 aromatic carbocycles. The Hall–Kier alpha value is -0.120. The van der Waals surface area contributed by atoms with Crippen molar-refractivity contribution in [3.05, 3.63) is 0 Å². The van der Waals surface area contributed by atoms with E-state index in [-0.39, 0.29) is 0 Å². The van der Waals surface area contributed by atoms with Crippen molar-refractivity contribution in [1.82, 2.24) is 10.2 Å². The van der Waals surface area contributed by atoms with Crippen molar-refractivity contribution in [1.29, 1.82) is 0 Å². The van der Waals surface area contributed by atoms with E-state index < -0.39 is 0 Å². The highest BCUT2D eigenvalue weighted by Gasteiger charge is 2.33. The molecule has 3 nitrogen and oxygen atoms in total. The van der Waals surface area contributed by atoms with Gasteiger partial charge < -0.3 is 15.0 Å². The van der Waals surface area contributed by atoms with Crippen LogP contribution in [0.5, 0.6) is 0 Å². The third-order valence-corrected chi connectivity index (χ3v) is 4.40. The van der Waals surface area contributed by atoms with Gasteiger partial charge >= 0.3 is 0 Å². The summed E-state index contributed by atoms with van der Waals surface area (Å²) >= 11 is 0. The summed E-state index contributed by atoms with van der Waals surface area (Å²) in [6.45, 7) is 13.8. The van der Waals surface area contributed by atoms with Gasteiger partial charge in [-0.3, -0.25) is 0 Å². The zero-order valence-electron chi connectivity index (χ0n) is 12.4. The summed E-state index contributed by atoms with van der Waals surface area (Å²) in [6.07, 6.45) is 3.79. The summed E-state index contributed by atoms with van der Waals surface area (Å²) in [7, 11) is 0. The molecule has 0 aliphatic carbocycles. The molecule has 2 saturated heterocycles. The highest BCUT2D eigenvalue weighted by molar-refractivity contribution is 4.88. The van der Waals surface area contributed by atoms with Crippen molar-refractivity contribution in [3.63, 3.8) is 0 Å². The van der Waals surface area contributed by atoms with E-state index in [1.54, 1.807) is 0 Å². The van der Waals surface area contributed by atoms with Crippen LogP contribution >= 0.6 is 0 Å². The first kappa shape index (κ1) is 14.3. The van der Waals surface area contributed by atoms with Gasteiger partial charge in [0.05, 0.1) is 6.61 Å². The SMILES string of the molecule is CCCNC(CN1CCC(C)(C)C1)C1CCOC1.